The van der Waals surface area contributed by atoms with E-state index in [1.54, 1.807) is 0 Å². The van der Waals surface area contributed by atoms with E-state index in [4.69, 9.17) is 4.74 Å². The quantitative estimate of drug-likeness (QED) is 0.592. The van der Waals surface area contributed by atoms with Gasteiger partial charge < -0.3 is 10.1 Å². The van der Waals surface area contributed by atoms with Gasteiger partial charge in [0.2, 0.25) is 0 Å². The molecule has 1 saturated carbocycles. The Morgan fingerprint density at radius 2 is 1.67 bits per heavy atom. The number of morpholine rings is 1. The zero-order valence-electron chi connectivity index (χ0n) is 10.8. The van der Waals surface area contributed by atoms with Crippen LogP contribution >= 0.6 is 0 Å². The fourth-order valence-electron chi connectivity index (χ4n) is 2.63. The summed E-state index contributed by atoms with van der Waals surface area (Å²) in [6, 6.07) is 0.554. The largest absolute Gasteiger partial charge is 0.362 e. The highest BCUT2D eigenvalue weighted by molar-refractivity contribution is 5.98. The van der Waals surface area contributed by atoms with Crippen molar-refractivity contribution in [2.75, 3.05) is 26.3 Å². The number of ether oxygens (including phenoxy) is 1. The van der Waals surface area contributed by atoms with Crippen molar-refractivity contribution in [2.45, 2.75) is 44.6 Å². The Labute approximate surface area is 108 Å². The van der Waals surface area contributed by atoms with Crippen LogP contribution in [0.3, 0.4) is 0 Å². The van der Waals surface area contributed by atoms with Gasteiger partial charge in [0.25, 0.3) is 11.8 Å². The third-order valence-electron chi connectivity index (χ3n) is 3.68. The van der Waals surface area contributed by atoms with Crippen molar-refractivity contribution in [2.24, 2.45) is 0 Å². The first-order valence-electron chi connectivity index (χ1n) is 6.91. The molecule has 1 N–H and O–H groups in total. The summed E-state index contributed by atoms with van der Waals surface area (Å²) in [6.45, 7) is 1.24. The average Bonchev–Trinajstić information content (AvgIpc) is 2.61. The molecule has 0 atom stereocenters. The summed E-state index contributed by atoms with van der Waals surface area (Å²) in [4.78, 5) is 24.3. The van der Waals surface area contributed by atoms with E-state index in [1.807, 2.05) is 0 Å². The van der Waals surface area contributed by atoms with Crippen LogP contribution < -0.4 is 5.32 Å². The van der Waals surface area contributed by atoms with Gasteiger partial charge in [-0.2, -0.15) is 0 Å². The number of carbonyl (C=O) groups is 2. The summed E-state index contributed by atoms with van der Waals surface area (Å²) < 4.78 is 4.88. The maximum Gasteiger partial charge on any atom is 0.255 e. The van der Waals surface area contributed by atoms with E-state index < -0.39 is 0 Å². The number of carbonyl (C=O) groups excluding carboxylic acids is 2. The molecule has 1 aliphatic heterocycles. The van der Waals surface area contributed by atoms with Crippen LogP contribution in [0.25, 0.3) is 0 Å². The van der Waals surface area contributed by atoms with Crippen LogP contribution in [-0.2, 0) is 14.3 Å². The number of rotatable bonds is 4. The summed E-state index contributed by atoms with van der Waals surface area (Å²) in [5.74, 6) is -0.428. The molecule has 2 aliphatic rings. The Bertz CT molecular complexity index is 283. The summed E-state index contributed by atoms with van der Waals surface area (Å²) in [5.41, 5.74) is 0. The highest BCUT2D eigenvalue weighted by Gasteiger charge is 2.26. The molecule has 0 unspecified atom stereocenters. The smallest absolute Gasteiger partial charge is 0.255 e. The van der Waals surface area contributed by atoms with Gasteiger partial charge >= 0.3 is 0 Å². The molecule has 2 fully saturated rings. The highest BCUT2D eigenvalue weighted by Crippen LogP contribution is 2.16. The Balaban J connectivity index is 1.70. The number of nitrogens with zero attached hydrogens (tertiary/aromatic N) is 1. The third-order valence-corrected chi connectivity index (χ3v) is 3.68. The van der Waals surface area contributed by atoms with Crippen LogP contribution in [0.15, 0.2) is 0 Å². The van der Waals surface area contributed by atoms with E-state index in [9.17, 15) is 9.59 Å². The second-order valence-corrected chi connectivity index (χ2v) is 5.07. The summed E-state index contributed by atoms with van der Waals surface area (Å²) in [6.07, 6.45) is 7.66. The molecule has 2 rings (SSSR count). The van der Waals surface area contributed by atoms with Crippen LogP contribution in [0.1, 0.15) is 38.5 Å². The maximum atomic E-state index is 11.5. The van der Waals surface area contributed by atoms with Gasteiger partial charge in [-0.15, -0.1) is 0 Å². The van der Waals surface area contributed by atoms with Crippen molar-refractivity contribution in [1.29, 1.82) is 0 Å². The molecule has 1 aliphatic carbocycles. The molecule has 0 aromatic heterocycles. The monoisotopic (exact) mass is 254 g/mol. The number of hydrogen-bond donors (Lipinski definition) is 1. The van der Waals surface area contributed by atoms with Crippen molar-refractivity contribution in [3.8, 4) is 0 Å². The molecule has 18 heavy (non-hydrogen) atoms. The fraction of sp³-hybridized carbons (Fsp3) is 0.846. The summed E-state index contributed by atoms with van der Waals surface area (Å²) in [5, 5.41) is 3.46. The van der Waals surface area contributed by atoms with Crippen LogP contribution in [0.2, 0.25) is 0 Å². The van der Waals surface area contributed by atoms with Gasteiger partial charge in [-0.1, -0.05) is 25.7 Å². The van der Waals surface area contributed by atoms with E-state index in [-0.39, 0.29) is 25.0 Å². The van der Waals surface area contributed by atoms with Crippen LogP contribution in [-0.4, -0.2) is 49.1 Å². The van der Waals surface area contributed by atoms with E-state index in [0.29, 0.717) is 19.1 Å². The molecule has 0 radical (unpaired) electrons. The molecule has 5 heteroatoms. The van der Waals surface area contributed by atoms with Crippen molar-refractivity contribution in [3.05, 3.63) is 0 Å². The van der Waals surface area contributed by atoms with Crippen LogP contribution in [0, 0.1) is 0 Å². The first-order valence-corrected chi connectivity index (χ1v) is 6.91. The van der Waals surface area contributed by atoms with Crippen LogP contribution in [0.4, 0.5) is 0 Å². The second-order valence-electron chi connectivity index (χ2n) is 5.07. The van der Waals surface area contributed by atoms with Crippen molar-refractivity contribution < 1.29 is 14.3 Å². The maximum absolute atomic E-state index is 11.5. The van der Waals surface area contributed by atoms with E-state index >= 15 is 0 Å². The van der Waals surface area contributed by atoms with E-state index in [1.165, 1.54) is 43.4 Å². The van der Waals surface area contributed by atoms with E-state index in [2.05, 4.69) is 5.32 Å². The normalized spacial score (nSPS) is 23.2. The van der Waals surface area contributed by atoms with Gasteiger partial charge in [-0.05, 0) is 12.8 Å². The lowest BCUT2D eigenvalue weighted by Gasteiger charge is -2.26. The predicted molar refractivity (Wildman–Crippen MR) is 67.0 cm³/mol. The molecular weight excluding hydrogens is 232 g/mol. The Morgan fingerprint density at radius 1 is 1.06 bits per heavy atom. The molecule has 1 heterocycles. The minimum Gasteiger partial charge on any atom is -0.362 e. The lowest BCUT2D eigenvalue weighted by molar-refractivity contribution is -0.158. The molecule has 0 bridgehead atoms. The topological polar surface area (TPSA) is 58.6 Å². The van der Waals surface area contributed by atoms with Gasteiger partial charge in [0, 0.05) is 19.1 Å². The number of amides is 2. The number of imide groups is 1. The first kappa shape index (κ1) is 13.5. The van der Waals surface area contributed by atoms with Crippen molar-refractivity contribution in [1.82, 2.24) is 10.2 Å². The number of hydrogen-bond acceptors (Lipinski definition) is 4. The molecule has 0 aromatic carbocycles. The lowest BCUT2D eigenvalue weighted by Crippen LogP contribution is -2.49. The Hall–Kier alpha value is -0.940. The Kier molecular flexibility index (Phi) is 5.13. The van der Waals surface area contributed by atoms with E-state index in [0.717, 1.165) is 0 Å². The lowest BCUT2D eigenvalue weighted by atomic mass is 10.1. The molecule has 0 aromatic rings. The minimum atomic E-state index is -0.214. The third kappa shape index (κ3) is 3.78. The molecule has 0 spiro atoms. The van der Waals surface area contributed by atoms with Crippen molar-refractivity contribution in [3.63, 3.8) is 0 Å². The zero-order valence-corrected chi connectivity index (χ0v) is 10.8. The fourth-order valence-corrected chi connectivity index (χ4v) is 2.63. The zero-order chi connectivity index (χ0) is 12.8. The molecule has 5 nitrogen and oxygen atoms in total. The van der Waals surface area contributed by atoms with Gasteiger partial charge in [-0.25, -0.2) is 0 Å². The highest BCUT2D eigenvalue weighted by atomic mass is 16.5. The summed E-state index contributed by atoms with van der Waals surface area (Å²) >= 11 is 0. The van der Waals surface area contributed by atoms with Crippen LogP contribution in [0.5, 0.6) is 0 Å². The van der Waals surface area contributed by atoms with Gasteiger partial charge in [0.1, 0.15) is 13.2 Å². The van der Waals surface area contributed by atoms with Gasteiger partial charge in [0.05, 0.1) is 0 Å². The molecule has 1 saturated heterocycles. The predicted octanol–water partition coefficient (Wildman–Crippen LogP) is 0.684. The second kappa shape index (κ2) is 6.85. The Morgan fingerprint density at radius 3 is 2.28 bits per heavy atom. The average molecular weight is 254 g/mol. The first-order chi connectivity index (χ1) is 8.77. The minimum absolute atomic E-state index is 0.0369. The standard InChI is InChI=1S/C13H22N2O3/c16-12-9-18-10-13(17)15(12)8-7-14-11-5-3-1-2-4-6-11/h11,14H,1-10H2. The SMILES string of the molecule is O=C1COCC(=O)N1CCNC1CCCCCC1. The van der Waals surface area contributed by atoms with Gasteiger partial charge in [-0.3, -0.25) is 14.5 Å². The van der Waals surface area contributed by atoms with Crippen molar-refractivity contribution >= 4 is 11.8 Å². The molecule has 102 valence electrons. The summed E-state index contributed by atoms with van der Waals surface area (Å²) in [7, 11) is 0. The molecular formula is C13H22N2O3. The van der Waals surface area contributed by atoms with Gasteiger partial charge in [0.15, 0.2) is 0 Å². The molecule has 2 amide bonds. The number of nitrogens with one attached hydrogen (secondary N) is 1.